The monoisotopic (exact) mass is 316 g/mol. The van der Waals surface area contributed by atoms with Gasteiger partial charge in [0.2, 0.25) is 0 Å². The number of hydrogen-bond donors (Lipinski definition) is 1. The second-order valence-corrected chi connectivity index (χ2v) is 6.86. The van der Waals surface area contributed by atoms with Crippen LogP contribution >= 0.6 is 11.3 Å². The summed E-state index contributed by atoms with van der Waals surface area (Å²) in [5.41, 5.74) is 8.16. The average Bonchev–Trinajstić information content (AvgIpc) is 2.81. The number of anilines is 1. The van der Waals surface area contributed by atoms with Gasteiger partial charge < -0.3 is 5.73 Å². The average molecular weight is 316 g/mol. The standard InChI is InChI=1S/C16H16N2O3S/c1-9-2-7-12-13(8-9)22-16(17)14(12)15(19)10-3-5-11(6-4-10)18(20)21/h3-6,9H,2,7-8,17H2,1H3. The fourth-order valence-electron chi connectivity index (χ4n) is 2.90. The number of carbonyl (C=O) groups excluding carboxylic acids is 1. The maximum Gasteiger partial charge on any atom is 0.269 e. The van der Waals surface area contributed by atoms with Gasteiger partial charge in [-0.2, -0.15) is 0 Å². The lowest BCUT2D eigenvalue weighted by molar-refractivity contribution is -0.384. The van der Waals surface area contributed by atoms with E-state index >= 15 is 0 Å². The maximum absolute atomic E-state index is 12.7. The third kappa shape index (κ3) is 2.50. The number of benzene rings is 1. The lowest BCUT2D eigenvalue weighted by atomic mass is 9.86. The van der Waals surface area contributed by atoms with Gasteiger partial charge in [0.15, 0.2) is 5.78 Å². The fourth-order valence-corrected chi connectivity index (χ4v) is 4.18. The number of nitrogens with zero attached hydrogens (tertiary/aromatic N) is 1. The van der Waals surface area contributed by atoms with Crippen LogP contribution in [0.25, 0.3) is 0 Å². The minimum Gasteiger partial charge on any atom is -0.390 e. The summed E-state index contributed by atoms with van der Waals surface area (Å²) in [4.78, 5) is 24.1. The van der Waals surface area contributed by atoms with Gasteiger partial charge in [-0.1, -0.05) is 6.92 Å². The molecule has 0 aliphatic heterocycles. The van der Waals surface area contributed by atoms with Gasteiger partial charge in [-0.25, -0.2) is 0 Å². The number of hydrogen-bond acceptors (Lipinski definition) is 5. The highest BCUT2D eigenvalue weighted by Gasteiger charge is 2.27. The van der Waals surface area contributed by atoms with Gasteiger partial charge in [-0.3, -0.25) is 14.9 Å². The molecule has 0 bridgehead atoms. The van der Waals surface area contributed by atoms with Crippen LogP contribution in [0.5, 0.6) is 0 Å². The van der Waals surface area contributed by atoms with E-state index in [1.807, 2.05) is 0 Å². The summed E-state index contributed by atoms with van der Waals surface area (Å²) in [5.74, 6) is 0.479. The molecule has 22 heavy (non-hydrogen) atoms. The number of nitro benzene ring substituents is 1. The Kier molecular flexibility index (Phi) is 3.70. The van der Waals surface area contributed by atoms with Crippen molar-refractivity contribution in [2.75, 3.05) is 5.73 Å². The van der Waals surface area contributed by atoms with E-state index in [0.717, 1.165) is 24.8 Å². The van der Waals surface area contributed by atoms with E-state index in [-0.39, 0.29) is 11.5 Å². The summed E-state index contributed by atoms with van der Waals surface area (Å²) < 4.78 is 0. The number of fused-ring (bicyclic) bond motifs is 1. The highest BCUT2D eigenvalue weighted by Crippen LogP contribution is 2.39. The van der Waals surface area contributed by atoms with Crippen LogP contribution < -0.4 is 5.73 Å². The first-order chi connectivity index (χ1) is 10.5. The molecule has 3 rings (SSSR count). The molecule has 6 heteroatoms. The normalized spacial score (nSPS) is 17.0. The summed E-state index contributed by atoms with van der Waals surface area (Å²) in [7, 11) is 0. The Hall–Kier alpha value is -2.21. The summed E-state index contributed by atoms with van der Waals surface area (Å²) in [5, 5.41) is 11.2. The van der Waals surface area contributed by atoms with Gasteiger partial charge in [0, 0.05) is 22.6 Å². The molecule has 1 aliphatic rings. The molecule has 1 aliphatic carbocycles. The first kappa shape index (κ1) is 14.7. The van der Waals surface area contributed by atoms with Crippen molar-refractivity contribution in [3.8, 4) is 0 Å². The quantitative estimate of drug-likeness (QED) is 0.532. The van der Waals surface area contributed by atoms with Crippen LogP contribution in [-0.4, -0.2) is 10.7 Å². The molecule has 0 saturated heterocycles. The smallest absolute Gasteiger partial charge is 0.269 e. The summed E-state index contributed by atoms with van der Waals surface area (Å²) >= 11 is 1.50. The van der Waals surface area contributed by atoms with Crippen molar-refractivity contribution in [3.05, 3.63) is 55.9 Å². The van der Waals surface area contributed by atoms with E-state index in [0.29, 0.717) is 22.0 Å². The largest absolute Gasteiger partial charge is 0.390 e. The molecular formula is C16H16N2O3S. The molecule has 1 aromatic heterocycles. The van der Waals surface area contributed by atoms with Crippen LogP contribution in [0.3, 0.4) is 0 Å². The number of carbonyl (C=O) groups is 1. The molecule has 2 aromatic rings. The highest BCUT2D eigenvalue weighted by atomic mass is 32.1. The Morgan fingerprint density at radius 2 is 2.05 bits per heavy atom. The summed E-state index contributed by atoms with van der Waals surface area (Å²) in [6.45, 7) is 2.21. The Morgan fingerprint density at radius 1 is 1.36 bits per heavy atom. The predicted molar refractivity (Wildman–Crippen MR) is 86.4 cm³/mol. The fraction of sp³-hybridized carbons (Fsp3) is 0.312. The van der Waals surface area contributed by atoms with Gasteiger partial charge in [0.05, 0.1) is 15.5 Å². The van der Waals surface area contributed by atoms with Crippen molar-refractivity contribution in [2.45, 2.75) is 26.2 Å². The van der Waals surface area contributed by atoms with Crippen LogP contribution in [0, 0.1) is 16.0 Å². The molecule has 1 unspecified atom stereocenters. The number of non-ortho nitro benzene ring substituents is 1. The molecule has 1 atom stereocenters. The van der Waals surface area contributed by atoms with Crippen LogP contribution in [0.2, 0.25) is 0 Å². The minimum atomic E-state index is -0.476. The number of nitrogens with two attached hydrogens (primary N) is 1. The maximum atomic E-state index is 12.7. The van der Waals surface area contributed by atoms with Crippen LogP contribution in [0.4, 0.5) is 10.7 Å². The van der Waals surface area contributed by atoms with Crippen molar-refractivity contribution in [3.63, 3.8) is 0 Å². The second kappa shape index (κ2) is 5.53. The Balaban J connectivity index is 1.97. The number of rotatable bonds is 3. The van der Waals surface area contributed by atoms with Crippen LogP contribution in [0.1, 0.15) is 39.7 Å². The Morgan fingerprint density at radius 3 is 2.68 bits per heavy atom. The number of nitrogen functional groups attached to an aromatic ring is 1. The SMILES string of the molecule is CC1CCc2c(sc(N)c2C(=O)c2ccc([N+](=O)[O-])cc2)C1. The molecule has 2 N–H and O–H groups in total. The molecule has 0 fully saturated rings. The van der Waals surface area contributed by atoms with Crippen LogP contribution in [0.15, 0.2) is 24.3 Å². The molecular weight excluding hydrogens is 300 g/mol. The topological polar surface area (TPSA) is 86.2 Å². The van der Waals surface area contributed by atoms with E-state index in [1.54, 1.807) is 0 Å². The molecule has 0 radical (unpaired) electrons. The molecule has 0 amide bonds. The van der Waals surface area contributed by atoms with Gasteiger partial charge in [-0.05, 0) is 42.9 Å². The highest BCUT2D eigenvalue weighted by molar-refractivity contribution is 7.16. The zero-order chi connectivity index (χ0) is 15.9. The Bertz CT molecular complexity index is 749. The summed E-state index contributed by atoms with van der Waals surface area (Å²) in [6.07, 6.45) is 2.90. The third-order valence-corrected chi connectivity index (χ3v) is 5.19. The molecule has 114 valence electrons. The first-order valence-electron chi connectivity index (χ1n) is 7.16. The van der Waals surface area contributed by atoms with Crippen molar-refractivity contribution in [1.82, 2.24) is 0 Å². The van der Waals surface area contributed by atoms with Crippen LogP contribution in [-0.2, 0) is 12.8 Å². The third-order valence-electron chi connectivity index (χ3n) is 4.11. The van der Waals surface area contributed by atoms with Gasteiger partial charge >= 0.3 is 0 Å². The van der Waals surface area contributed by atoms with E-state index in [1.165, 1.54) is 40.5 Å². The van der Waals surface area contributed by atoms with E-state index in [9.17, 15) is 14.9 Å². The lowest BCUT2D eigenvalue weighted by Crippen LogP contribution is -2.13. The number of nitro groups is 1. The minimum absolute atomic E-state index is 0.0225. The summed E-state index contributed by atoms with van der Waals surface area (Å²) in [6, 6.07) is 5.69. The Labute approximate surface area is 131 Å². The predicted octanol–water partition coefficient (Wildman–Crippen LogP) is 3.59. The van der Waals surface area contributed by atoms with Crippen molar-refractivity contribution in [1.29, 1.82) is 0 Å². The molecule has 1 aromatic carbocycles. The van der Waals surface area contributed by atoms with Gasteiger partial charge in [-0.15, -0.1) is 11.3 Å². The zero-order valence-corrected chi connectivity index (χ0v) is 13.0. The second-order valence-electron chi connectivity index (χ2n) is 5.72. The van der Waals surface area contributed by atoms with E-state index < -0.39 is 4.92 Å². The van der Waals surface area contributed by atoms with Crippen molar-refractivity contribution in [2.24, 2.45) is 5.92 Å². The molecule has 0 spiro atoms. The molecule has 1 heterocycles. The zero-order valence-electron chi connectivity index (χ0n) is 12.2. The first-order valence-corrected chi connectivity index (χ1v) is 7.98. The van der Waals surface area contributed by atoms with Crippen molar-refractivity contribution < 1.29 is 9.72 Å². The lowest BCUT2D eigenvalue weighted by Gasteiger charge is -2.18. The number of ketones is 1. The number of thiophene rings is 1. The van der Waals surface area contributed by atoms with Gasteiger partial charge in [0.1, 0.15) is 0 Å². The molecule has 0 saturated carbocycles. The molecule has 5 nitrogen and oxygen atoms in total. The van der Waals surface area contributed by atoms with E-state index in [4.69, 9.17) is 5.73 Å². The van der Waals surface area contributed by atoms with E-state index in [2.05, 4.69) is 6.92 Å². The van der Waals surface area contributed by atoms with Gasteiger partial charge in [0.25, 0.3) is 5.69 Å². The van der Waals surface area contributed by atoms with Crippen molar-refractivity contribution >= 4 is 27.8 Å².